The van der Waals surface area contributed by atoms with Gasteiger partial charge in [0, 0.05) is 38.2 Å². The van der Waals surface area contributed by atoms with E-state index in [0.717, 1.165) is 24.5 Å². The molecular formula is C22H22ClN3O3. The maximum Gasteiger partial charge on any atom is 0.277 e. The number of benzene rings is 2. The number of para-hydroxylation sites is 2. The monoisotopic (exact) mass is 411 g/mol. The highest BCUT2D eigenvalue weighted by Gasteiger charge is 2.40. The summed E-state index contributed by atoms with van der Waals surface area (Å²) in [6, 6.07) is 14.9. The number of likely N-dealkylation sites (N-methyl/N-ethyl adjacent to an activating group) is 1. The first-order valence-electron chi connectivity index (χ1n) is 9.46. The average molecular weight is 412 g/mol. The van der Waals surface area contributed by atoms with Crippen molar-refractivity contribution in [1.29, 1.82) is 0 Å². The molecule has 2 heterocycles. The predicted molar refractivity (Wildman–Crippen MR) is 113 cm³/mol. The summed E-state index contributed by atoms with van der Waals surface area (Å²) in [6.07, 6.45) is 0. The smallest absolute Gasteiger partial charge is 0.277 e. The molecule has 0 aromatic heterocycles. The second-order valence-electron chi connectivity index (χ2n) is 7.05. The number of halogens is 1. The SMILES string of the molecule is COc1ccccc1N1CCN(C2=C(c3ccc(Cl)cc3)C(=O)N(C)C2=O)CC1. The lowest BCUT2D eigenvalue weighted by Gasteiger charge is -2.38. The zero-order valence-electron chi connectivity index (χ0n) is 16.4. The van der Waals surface area contributed by atoms with Crippen molar-refractivity contribution in [2.75, 3.05) is 45.2 Å². The van der Waals surface area contributed by atoms with E-state index in [2.05, 4.69) is 4.90 Å². The van der Waals surface area contributed by atoms with Gasteiger partial charge in [0.2, 0.25) is 0 Å². The van der Waals surface area contributed by atoms with E-state index < -0.39 is 0 Å². The zero-order valence-corrected chi connectivity index (χ0v) is 17.1. The first kappa shape index (κ1) is 19.3. The van der Waals surface area contributed by atoms with Gasteiger partial charge in [-0.1, -0.05) is 35.9 Å². The van der Waals surface area contributed by atoms with Gasteiger partial charge in [-0.25, -0.2) is 0 Å². The van der Waals surface area contributed by atoms with Crippen molar-refractivity contribution in [2.45, 2.75) is 0 Å². The van der Waals surface area contributed by atoms with Gasteiger partial charge in [-0.05, 0) is 29.8 Å². The van der Waals surface area contributed by atoms with Gasteiger partial charge >= 0.3 is 0 Å². The van der Waals surface area contributed by atoms with Crippen LogP contribution >= 0.6 is 11.6 Å². The van der Waals surface area contributed by atoms with Crippen molar-refractivity contribution in [1.82, 2.24) is 9.80 Å². The van der Waals surface area contributed by atoms with Crippen molar-refractivity contribution >= 4 is 34.7 Å². The molecule has 0 bridgehead atoms. The van der Waals surface area contributed by atoms with Crippen LogP contribution in [0.1, 0.15) is 5.56 Å². The molecule has 0 atom stereocenters. The third kappa shape index (κ3) is 3.44. The Kier molecular flexibility index (Phi) is 5.20. The highest BCUT2D eigenvalue weighted by atomic mass is 35.5. The van der Waals surface area contributed by atoms with Crippen LogP contribution in [0.5, 0.6) is 5.75 Å². The minimum absolute atomic E-state index is 0.259. The summed E-state index contributed by atoms with van der Waals surface area (Å²) in [7, 11) is 3.19. The van der Waals surface area contributed by atoms with Crippen LogP contribution in [0, 0.1) is 0 Å². The molecule has 2 amide bonds. The molecule has 0 spiro atoms. The lowest BCUT2D eigenvalue weighted by Crippen LogP contribution is -2.47. The van der Waals surface area contributed by atoms with Gasteiger partial charge in [-0.2, -0.15) is 0 Å². The van der Waals surface area contributed by atoms with Crippen molar-refractivity contribution in [3.8, 4) is 5.75 Å². The third-order valence-corrected chi connectivity index (χ3v) is 5.67. The van der Waals surface area contributed by atoms with Crippen LogP contribution in [-0.4, -0.2) is 62.0 Å². The number of ether oxygens (including phenoxy) is 1. The van der Waals surface area contributed by atoms with E-state index >= 15 is 0 Å². The normalized spacial score (nSPS) is 17.4. The summed E-state index contributed by atoms with van der Waals surface area (Å²) in [5.41, 5.74) is 2.66. The summed E-state index contributed by atoms with van der Waals surface area (Å²) in [5.74, 6) is 0.291. The largest absolute Gasteiger partial charge is 0.495 e. The van der Waals surface area contributed by atoms with E-state index in [-0.39, 0.29) is 11.8 Å². The fourth-order valence-corrected chi connectivity index (χ4v) is 3.99. The Morgan fingerprint density at radius 3 is 2.14 bits per heavy atom. The number of methoxy groups -OCH3 is 1. The summed E-state index contributed by atoms with van der Waals surface area (Å²) >= 11 is 5.99. The van der Waals surface area contributed by atoms with Crippen molar-refractivity contribution in [2.24, 2.45) is 0 Å². The van der Waals surface area contributed by atoms with Crippen LogP contribution in [0.2, 0.25) is 5.02 Å². The van der Waals surface area contributed by atoms with Gasteiger partial charge in [0.25, 0.3) is 11.8 Å². The van der Waals surface area contributed by atoms with Crippen LogP contribution in [0.4, 0.5) is 5.69 Å². The number of amides is 2. The molecule has 150 valence electrons. The molecule has 2 aromatic carbocycles. The number of nitrogens with zero attached hydrogens (tertiary/aromatic N) is 3. The molecule has 1 fully saturated rings. The minimum atomic E-state index is -0.278. The molecule has 0 saturated carbocycles. The number of hydrogen-bond acceptors (Lipinski definition) is 5. The second kappa shape index (κ2) is 7.79. The van der Waals surface area contributed by atoms with E-state index in [1.165, 1.54) is 11.9 Å². The topological polar surface area (TPSA) is 53.1 Å². The maximum atomic E-state index is 12.9. The maximum absolute atomic E-state index is 12.9. The Bertz CT molecular complexity index is 979. The van der Waals surface area contributed by atoms with Crippen molar-refractivity contribution < 1.29 is 14.3 Å². The first-order valence-corrected chi connectivity index (χ1v) is 9.84. The summed E-state index contributed by atoms with van der Waals surface area (Å²) in [6.45, 7) is 2.72. The lowest BCUT2D eigenvalue weighted by molar-refractivity contribution is -0.135. The molecule has 0 N–H and O–H groups in total. The van der Waals surface area contributed by atoms with Gasteiger partial charge in [-0.3, -0.25) is 14.5 Å². The van der Waals surface area contributed by atoms with Crippen LogP contribution < -0.4 is 9.64 Å². The standard InChI is InChI=1S/C22H22ClN3O3/c1-24-21(27)19(15-7-9-16(23)10-8-15)20(22(24)28)26-13-11-25(12-14-26)17-5-3-4-6-18(17)29-2/h3-10H,11-14H2,1-2H3. The third-order valence-electron chi connectivity index (χ3n) is 5.42. The Morgan fingerprint density at radius 2 is 1.48 bits per heavy atom. The van der Waals surface area contributed by atoms with Gasteiger partial charge in [0.1, 0.15) is 11.4 Å². The minimum Gasteiger partial charge on any atom is -0.495 e. The Labute approximate surface area is 174 Å². The van der Waals surface area contributed by atoms with Gasteiger partial charge < -0.3 is 14.5 Å². The van der Waals surface area contributed by atoms with Crippen LogP contribution in [0.3, 0.4) is 0 Å². The molecule has 2 aromatic rings. The van der Waals surface area contributed by atoms with E-state index in [0.29, 0.717) is 34.9 Å². The lowest BCUT2D eigenvalue weighted by atomic mass is 10.0. The molecule has 2 aliphatic rings. The number of carbonyl (C=O) groups excluding carboxylic acids is 2. The fourth-order valence-electron chi connectivity index (χ4n) is 3.86. The Hall–Kier alpha value is -2.99. The molecule has 0 aliphatic carbocycles. The number of rotatable bonds is 4. The van der Waals surface area contributed by atoms with Crippen LogP contribution in [-0.2, 0) is 9.59 Å². The number of imide groups is 1. The first-order chi connectivity index (χ1) is 14.0. The number of piperazine rings is 1. The van der Waals surface area contributed by atoms with Crippen LogP contribution in [0.15, 0.2) is 54.2 Å². The summed E-state index contributed by atoms with van der Waals surface area (Å²) < 4.78 is 5.47. The average Bonchev–Trinajstić information content (AvgIpc) is 2.98. The summed E-state index contributed by atoms with van der Waals surface area (Å²) in [4.78, 5) is 31.1. The fraction of sp³-hybridized carbons (Fsp3) is 0.273. The molecule has 1 saturated heterocycles. The quantitative estimate of drug-likeness (QED) is 0.724. The Balaban J connectivity index is 1.62. The number of hydrogen-bond donors (Lipinski definition) is 0. The number of anilines is 1. The van der Waals surface area contributed by atoms with Crippen molar-refractivity contribution in [3.63, 3.8) is 0 Å². The molecule has 29 heavy (non-hydrogen) atoms. The van der Waals surface area contributed by atoms with E-state index in [1.807, 2.05) is 29.2 Å². The summed E-state index contributed by atoms with van der Waals surface area (Å²) in [5, 5.41) is 0.589. The van der Waals surface area contributed by atoms with Gasteiger partial charge in [0.15, 0.2) is 0 Å². The zero-order chi connectivity index (χ0) is 20.5. The van der Waals surface area contributed by atoms with E-state index in [9.17, 15) is 9.59 Å². The van der Waals surface area contributed by atoms with Crippen molar-refractivity contribution in [3.05, 3.63) is 64.8 Å². The molecule has 0 radical (unpaired) electrons. The highest BCUT2D eigenvalue weighted by molar-refractivity contribution is 6.35. The van der Waals surface area contributed by atoms with Crippen LogP contribution in [0.25, 0.3) is 5.57 Å². The number of carbonyl (C=O) groups is 2. The van der Waals surface area contributed by atoms with E-state index in [1.54, 1.807) is 31.4 Å². The highest BCUT2D eigenvalue weighted by Crippen LogP contribution is 2.33. The molecule has 6 nitrogen and oxygen atoms in total. The molecular weight excluding hydrogens is 390 g/mol. The second-order valence-corrected chi connectivity index (χ2v) is 7.48. The molecule has 7 heteroatoms. The van der Waals surface area contributed by atoms with Gasteiger partial charge in [0.05, 0.1) is 18.4 Å². The Morgan fingerprint density at radius 1 is 0.862 bits per heavy atom. The molecule has 4 rings (SSSR count). The van der Waals surface area contributed by atoms with Gasteiger partial charge in [-0.15, -0.1) is 0 Å². The molecule has 0 unspecified atom stereocenters. The van der Waals surface area contributed by atoms with E-state index in [4.69, 9.17) is 16.3 Å². The predicted octanol–water partition coefficient (Wildman–Crippen LogP) is 2.88. The molecule has 2 aliphatic heterocycles.